The molecule has 2 fully saturated rings. The molecule has 1 saturated carbocycles. The van der Waals surface area contributed by atoms with Gasteiger partial charge in [-0.05, 0) is 44.6 Å². The van der Waals surface area contributed by atoms with Crippen LogP contribution in [0.15, 0.2) is 0 Å². The van der Waals surface area contributed by atoms with E-state index in [1.54, 1.807) is 0 Å². The van der Waals surface area contributed by atoms with Crippen molar-refractivity contribution in [1.82, 2.24) is 15.3 Å². The number of hydrogen-bond donors (Lipinski definition) is 4. The molecular formula is C21H35N5O4. The van der Waals surface area contributed by atoms with E-state index in [4.69, 9.17) is 25.5 Å². The Morgan fingerprint density at radius 1 is 1.07 bits per heavy atom. The molecule has 1 aromatic heterocycles. The molecule has 0 radical (unpaired) electrons. The van der Waals surface area contributed by atoms with Crippen LogP contribution in [-0.4, -0.2) is 58.3 Å². The van der Waals surface area contributed by atoms with Gasteiger partial charge in [0.15, 0.2) is 0 Å². The Bertz CT molecular complexity index is 723. The second kappa shape index (κ2) is 10.6. The highest BCUT2D eigenvalue weighted by Crippen LogP contribution is 2.47. The van der Waals surface area contributed by atoms with Gasteiger partial charge in [-0.25, -0.2) is 4.98 Å². The highest BCUT2D eigenvalue weighted by molar-refractivity contribution is 5.63. The van der Waals surface area contributed by atoms with E-state index in [1.165, 1.54) is 49.8 Å². The van der Waals surface area contributed by atoms with Gasteiger partial charge in [0.2, 0.25) is 5.95 Å². The van der Waals surface area contributed by atoms with Crippen molar-refractivity contribution in [3.8, 4) is 0 Å². The fourth-order valence-corrected chi connectivity index (χ4v) is 4.60. The summed E-state index contributed by atoms with van der Waals surface area (Å²) in [7, 11) is 2.03. The number of carboxylic acids is 2. The standard InChI is InChI=1S/C17H27N5.2C2H4O2/c1-19-12-10-22(11-12)15-13-5-8-17(6-3-2-4-7-17)9-14(13)20-16(18)21-15;2*1-2(3)4/h12,19H,2-11H2,1H3,(H2,18,20,21);2*1H3,(H,3,4). The molecule has 3 aliphatic rings. The summed E-state index contributed by atoms with van der Waals surface area (Å²) in [6, 6.07) is 0.583. The first-order valence-corrected chi connectivity index (χ1v) is 10.6. The van der Waals surface area contributed by atoms with Gasteiger partial charge in [-0.15, -0.1) is 0 Å². The normalized spacial score (nSPS) is 19.4. The number of nitrogens with zero attached hydrogens (tertiary/aromatic N) is 3. The Kier molecular flexibility index (Phi) is 8.40. The molecule has 0 bridgehead atoms. The number of hydrogen-bond acceptors (Lipinski definition) is 7. The van der Waals surface area contributed by atoms with E-state index >= 15 is 0 Å². The molecule has 9 heteroatoms. The maximum Gasteiger partial charge on any atom is 0.300 e. The van der Waals surface area contributed by atoms with E-state index in [2.05, 4.69) is 20.2 Å². The maximum atomic E-state index is 9.00. The van der Waals surface area contributed by atoms with Crippen molar-refractivity contribution in [3.63, 3.8) is 0 Å². The van der Waals surface area contributed by atoms with Crippen LogP contribution in [0.4, 0.5) is 11.8 Å². The summed E-state index contributed by atoms with van der Waals surface area (Å²) >= 11 is 0. The molecule has 30 heavy (non-hydrogen) atoms. The number of nitrogens with one attached hydrogen (secondary N) is 1. The lowest BCUT2D eigenvalue weighted by Gasteiger charge is -2.44. The van der Waals surface area contributed by atoms with Crippen LogP contribution < -0.4 is 16.0 Å². The minimum absolute atomic E-state index is 0.453. The van der Waals surface area contributed by atoms with Crippen LogP contribution in [-0.2, 0) is 22.4 Å². The number of aliphatic carboxylic acids is 2. The molecule has 1 spiro atoms. The van der Waals surface area contributed by atoms with E-state index in [0.717, 1.165) is 45.6 Å². The first-order valence-electron chi connectivity index (χ1n) is 10.6. The lowest BCUT2D eigenvalue weighted by atomic mass is 9.65. The van der Waals surface area contributed by atoms with E-state index < -0.39 is 11.9 Å². The number of rotatable bonds is 2. The van der Waals surface area contributed by atoms with Gasteiger partial charge < -0.3 is 26.2 Å². The molecule has 0 unspecified atom stereocenters. The summed E-state index contributed by atoms with van der Waals surface area (Å²) in [5.41, 5.74) is 9.14. The lowest BCUT2D eigenvalue weighted by Crippen LogP contribution is -2.57. The summed E-state index contributed by atoms with van der Waals surface area (Å²) in [6.07, 6.45) is 10.5. The smallest absolute Gasteiger partial charge is 0.300 e. The summed E-state index contributed by atoms with van der Waals surface area (Å²) in [4.78, 5) is 29.6. The fraction of sp³-hybridized carbons (Fsp3) is 0.714. The molecular weight excluding hydrogens is 386 g/mol. The van der Waals surface area contributed by atoms with Crippen molar-refractivity contribution >= 4 is 23.7 Å². The Morgan fingerprint density at radius 3 is 2.17 bits per heavy atom. The van der Waals surface area contributed by atoms with Crippen molar-refractivity contribution < 1.29 is 19.8 Å². The van der Waals surface area contributed by atoms with Crippen LogP contribution in [0, 0.1) is 5.41 Å². The summed E-state index contributed by atoms with van der Waals surface area (Å²) in [5, 5.41) is 18.2. The number of nitrogens with two attached hydrogens (primary N) is 1. The maximum absolute atomic E-state index is 9.00. The van der Waals surface area contributed by atoms with E-state index in [-0.39, 0.29) is 0 Å². The third-order valence-corrected chi connectivity index (χ3v) is 6.04. The fourth-order valence-electron chi connectivity index (χ4n) is 4.60. The number of carboxylic acid groups (broad SMARTS) is 2. The monoisotopic (exact) mass is 421 g/mol. The van der Waals surface area contributed by atoms with E-state index in [9.17, 15) is 0 Å². The molecule has 0 amide bonds. The van der Waals surface area contributed by atoms with Gasteiger partial charge in [0.25, 0.3) is 11.9 Å². The number of likely N-dealkylation sites (N-methyl/N-ethyl adjacent to an activating group) is 1. The Morgan fingerprint density at radius 2 is 1.63 bits per heavy atom. The minimum Gasteiger partial charge on any atom is -0.481 e. The number of nitrogen functional groups attached to an aromatic ring is 1. The zero-order valence-corrected chi connectivity index (χ0v) is 18.3. The Hall–Kier alpha value is -2.42. The van der Waals surface area contributed by atoms with Crippen LogP contribution in [0.2, 0.25) is 0 Å². The first kappa shape index (κ1) is 23.9. The van der Waals surface area contributed by atoms with Gasteiger partial charge in [0.1, 0.15) is 5.82 Å². The molecule has 0 atom stereocenters. The molecule has 9 nitrogen and oxygen atoms in total. The van der Waals surface area contributed by atoms with Crippen LogP contribution in [0.5, 0.6) is 0 Å². The topological polar surface area (TPSA) is 142 Å². The van der Waals surface area contributed by atoms with Crippen molar-refractivity contribution in [2.75, 3.05) is 30.8 Å². The van der Waals surface area contributed by atoms with Gasteiger partial charge in [0.05, 0.1) is 5.69 Å². The van der Waals surface area contributed by atoms with Crippen LogP contribution in [0.1, 0.15) is 63.6 Å². The van der Waals surface area contributed by atoms with E-state index in [1.807, 2.05) is 7.05 Å². The Labute approximate surface area is 178 Å². The number of fused-ring (bicyclic) bond motifs is 1. The summed E-state index contributed by atoms with van der Waals surface area (Å²) < 4.78 is 0. The minimum atomic E-state index is -0.833. The predicted octanol–water partition coefficient (Wildman–Crippen LogP) is 2.09. The molecule has 1 aromatic rings. The highest BCUT2D eigenvalue weighted by Gasteiger charge is 2.39. The number of aromatic nitrogens is 2. The summed E-state index contributed by atoms with van der Waals surface area (Å²) in [6.45, 7) is 4.23. The lowest BCUT2D eigenvalue weighted by molar-refractivity contribution is -0.135. The van der Waals surface area contributed by atoms with Gasteiger partial charge in [0, 0.05) is 38.5 Å². The zero-order valence-electron chi connectivity index (χ0n) is 18.3. The average molecular weight is 422 g/mol. The van der Waals surface area contributed by atoms with Crippen molar-refractivity contribution in [1.29, 1.82) is 0 Å². The molecule has 168 valence electrons. The SMILES string of the molecule is CC(=O)O.CC(=O)O.CNC1CN(c2nc(N)nc3c2CCC2(CCCCC2)C3)C1. The first-order chi connectivity index (χ1) is 14.2. The molecule has 2 heterocycles. The van der Waals surface area contributed by atoms with Crippen LogP contribution >= 0.6 is 0 Å². The second-order valence-electron chi connectivity index (χ2n) is 8.50. The zero-order chi connectivity index (χ0) is 22.3. The molecule has 1 aliphatic heterocycles. The van der Waals surface area contributed by atoms with Crippen molar-refractivity contribution in [2.24, 2.45) is 5.41 Å². The van der Waals surface area contributed by atoms with Crippen molar-refractivity contribution in [3.05, 3.63) is 11.3 Å². The third-order valence-electron chi connectivity index (χ3n) is 6.04. The second-order valence-corrected chi connectivity index (χ2v) is 8.50. The van der Waals surface area contributed by atoms with E-state index in [0.29, 0.717) is 17.4 Å². The number of anilines is 2. The quantitative estimate of drug-likeness (QED) is 0.564. The van der Waals surface area contributed by atoms with Gasteiger partial charge in [-0.1, -0.05) is 19.3 Å². The highest BCUT2D eigenvalue weighted by atomic mass is 16.4. The largest absolute Gasteiger partial charge is 0.481 e. The van der Waals surface area contributed by atoms with Gasteiger partial charge in [-0.2, -0.15) is 4.98 Å². The summed E-state index contributed by atoms with van der Waals surface area (Å²) in [5.74, 6) is -0.103. The molecule has 0 aromatic carbocycles. The van der Waals surface area contributed by atoms with Crippen LogP contribution in [0.25, 0.3) is 0 Å². The predicted molar refractivity (Wildman–Crippen MR) is 116 cm³/mol. The van der Waals surface area contributed by atoms with Gasteiger partial charge >= 0.3 is 0 Å². The third kappa shape index (κ3) is 6.55. The van der Waals surface area contributed by atoms with Crippen molar-refractivity contribution in [2.45, 2.75) is 71.3 Å². The molecule has 4 rings (SSSR count). The molecule has 5 N–H and O–H groups in total. The van der Waals surface area contributed by atoms with Crippen LogP contribution in [0.3, 0.4) is 0 Å². The molecule has 1 saturated heterocycles. The average Bonchev–Trinajstić information content (AvgIpc) is 2.60. The molecule has 2 aliphatic carbocycles. The Balaban J connectivity index is 0.000000347. The van der Waals surface area contributed by atoms with Gasteiger partial charge in [-0.3, -0.25) is 9.59 Å². The number of carbonyl (C=O) groups is 2.